The third-order valence-corrected chi connectivity index (χ3v) is 1.69. The molecule has 0 aromatic heterocycles. The summed E-state index contributed by atoms with van der Waals surface area (Å²) in [5, 5.41) is 0. The molecule has 14 heavy (non-hydrogen) atoms. The van der Waals surface area contributed by atoms with E-state index in [1.165, 1.54) is 25.3 Å². The Labute approximate surface area is 80.4 Å². The fraction of sp³-hybridized carbons (Fsp3) is 0.222. The van der Waals surface area contributed by atoms with Gasteiger partial charge in [-0.2, -0.15) is 0 Å². The number of esters is 1. The number of methoxy groups -OCH3 is 1. The van der Waals surface area contributed by atoms with Crippen molar-refractivity contribution in [3.63, 3.8) is 0 Å². The zero-order valence-electron chi connectivity index (χ0n) is 7.62. The fourth-order valence-electron chi connectivity index (χ4n) is 1.02. The van der Waals surface area contributed by atoms with E-state index in [2.05, 4.69) is 9.57 Å². The Morgan fingerprint density at radius 2 is 2.29 bits per heavy atom. The number of ether oxygens (including phenoxy) is 1. The normalized spacial score (nSPS) is 9.93. The Hall–Kier alpha value is -1.46. The number of halogens is 1. The van der Waals surface area contributed by atoms with E-state index < -0.39 is 11.8 Å². The van der Waals surface area contributed by atoms with E-state index in [4.69, 9.17) is 5.90 Å². The van der Waals surface area contributed by atoms with E-state index >= 15 is 0 Å². The Morgan fingerprint density at radius 1 is 1.57 bits per heavy atom. The Kier molecular flexibility index (Phi) is 3.55. The van der Waals surface area contributed by atoms with E-state index in [0.717, 1.165) is 0 Å². The minimum atomic E-state index is -0.721. The summed E-state index contributed by atoms with van der Waals surface area (Å²) < 4.78 is 17.5. The molecule has 76 valence electrons. The maximum absolute atomic E-state index is 13.1. The SMILES string of the molecule is COC(=O)c1cc(CON)ccc1F. The number of carbonyl (C=O) groups excluding carboxylic acids is 1. The Balaban J connectivity index is 3.01. The van der Waals surface area contributed by atoms with Crippen LogP contribution in [-0.2, 0) is 16.2 Å². The summed E-state index contributed by atoms with van der Waals surface area (Å²) in [6.45, 7) is 0.115. The van der Waals surface area contributed by atoms with Crippen LogP contribution in [-0.4, -0.2) is 13.1 Å². The second-order valence-electron chi connectivity index (χ2n) is 2.62. The van der Waals surface area contributed by atoms with Gasteiger partial charge < -0.3 is 4.74 Å². The summed E-state index contributed by atoms with van der Waals surface area (Å²) in [4.78, 5) is 15.4. The molecule has 0 radical (unpaired) electrons. The molecule has 0 aliphatic rings. The van der Waals surface area contributed by atoms with E-state index in [1.54, 1.807) is 0 Å². The van der Waals surface area contributed by atoms with Crippen LogP contribution in [0.3, 0.4) is 0 Å². The van der Waals surface area contributed by atoms with Crippen LogP contribution in [0, 0.1) is 5.82 Å². The van der Waals surface area contributed by atoms with Crippen LogP contribution < -0.4 is 5.90 Å². The van der Waals surface area contributed by atoms with Gasteiger partial charge in [0.15, 0.2) is 0 Å². The van der Waals surface area contributed by atoms with Crippen molar-refractivity contribution in [2.24, 2.45) is 5.90 Å². The predicted molar refractivity (Wildman–Crippen MR) is 46.7 cm³/mol. The Morgan fingerprint density at radius 3 is 2.86 bits per heavy atom. The third kappa shape index (κ3) is 2.27. The van der Waals surface area contributed by atoms with Crippen molar-refractivity contribution in [2.45, 2.75) is 6.61 Å². The molecule has 0 spiro atoms. The molecular weight excluding hydrogens is 189 g/mol. The summed E-state index contributed by atoms with van der Waals surface area (Å²) in [5.41, 5.74) is 0.483. The third-order valence-electron chi connectivity index (χ3n) is 1.69. The smallest absolute Gasteiger partial charge is 0.340 e. The molecule has 0 saturated carbocycles. The van der Waals surface area contributed by atoms with Crippen LogP contribution in [0.4, 0.5) is 4.39 Å². The lowest BCUT2D eigenvalue weighted by atomic mass is 10.1. The van der Waals surface area contributed by atoms with Crippen molar-refractivity contribution in [1.82, 2.24) is 0 Å². The number of benzene rings is 1. The zero-order valence-corrected chi connectivity index (χ0v) is 7.62. The summed E-state index contributed by atoms with van der Waals surface area (Å²) in [6, 6.07) is 3.99. The van der Waals surface area contributed by atoms with Gasteiger partial charge in [-0.05, 0) is 17.7 Å². The molecule has 0 unspecified atom stereocenters. The molecule has 0 aliphatic heterocycles. The van der Waals surface area contributed by atoms with Gasteiger partial charge in [-0.15, -0.1) is 0 Å². The van der Waals surface area contributed by atoms with Crippen LogP contribution in [0.5, 0.6) is 0 Å². The Bertz CT molecular complexity index is 341. The molecule has 0 aliphatic carbocycles. The second-order valence-corrected chi connectivity index (χ2v) is 2.62. The maximum Gasteiger partial charge on any atom is 0.340 e. The van der Waals surface area contributed by atoms with Gasteiger partial charge in [0.05, 0.1) is 19.3 Å². The molecule has 0 amide bonds. The van der Waals surface area contributed by atoms with Gasteiger partial charge in [-0.1, -0.05) is 6.07 Å². The first kappa shape index (κ1) is 10.6. The monoisotopic (exact) mass is 199 g/mol. The topological polar surface area (TPSA) is 61.5 Å². The standard InChI is InChI=1S/C9H10FNO3/c1-13-9(12)7-4-6(5-14-11)2-3-8(7)10/h2-4H,5,11H2,1H3. The number of rotatable bonds is 3. The van der Waals surface area contributed by atoms with Gasteiger partial charge in [-0.25, -0.2) is 15.1 Å². The highest BCUT2D eigenvalue weighted by Crippen LogP contribution is 2.12. The molecule has 2 N–H and O–H groups in total. The van der Waals surface area contributed by atoms with Crippen LogP contribution in [0.15, 0.2) is 18.2 Å². The van der Waals surface area contributed by atoms with E-state index in [1.807, 2.05) is 0 Å². The maximum atomic E-state index is 13.1. The second kappa shape index (κ2) is 4.69. The van der Waals surface area contributed by atoms with Crippen LogP contribution in [0.2, 0.25) is 0 Å². The average molecular weight is 199 g/mol. The highest BCUT2D eigenvalue weighted by Gasteiger charge is 2.12. The summed E-state index contributed by atoms with van der Waals surface area (Å²) >= 11 is 0. The van der Waals surface area contributed by atoms with Crippen molar-refractivity contribution < 1.29 is 18.8 Å². The predicted octanol–water partition coefficient (Wildman–Crippen LogP) is 1.00. The molecule has 1 aromatic carbocycles. The molecule has 4 nitrogen and oxygen atoms in total. The first-order chi connectivity index (χ1) is 6.69. The largest absolute Gasteiger partial charge is 0.465 e. The van der Waals surface area contributed by atoms with E-state index in [-0.39, 0.29) is 12.2 Å². The van der Waals surface area contributed by atoms with Crippen molar-refractivity contribution in [1.29, 1.82) is 0 Å². The highest BCUT2D eigenvalue weighted by molar-refractivity contribution is 5.89. The van der Waals surface area contributed by atoms with E-state index in [0.29, 0.717) is 5.56 Å². The molecule has 5 heteroatoms. The first-order valence-electron chi connectivity index (χ1n) is 3.87. The van der Waals surface area contributed by atoms with Crippen LogP contribution >= 0.6 is 0 Å². The van der Waals surface area contributed by atoms with Gasteiger partial charge in [0.25, 0.3) is 0 Å². The summed E-state index contributed by atoms with van der Waals surface area (Å²) in [6.07, 6.45) is 0. The average Bonchev–Trinajstić information content (AvgIpc) is 2.20. The minimum absolute atomic E-state index is 0.115. The number of carbonyl (C=O) groups is 1. The summed E-state index contributed by atoms with van der Waals surface area (Å²) in [5.74, 6) is 3.50. The highest BCUT2D eigenvalue weighted by atomic mass is 19.1. The molecule has 0 bridgehead atoms. The van der Waals surface area contributed by atoms with Gasteiger partial charge >= 0.3 is 5.97 Å². The van der Waals surface area contributed by atoms with Gasteiger partial charge in [0.2, 0.25) is 0 Å². The molecule has 0 heterocycles. The van der Waals surface area contributed by atoms with Gasteiger partial charge in [-0.3, -0.25) is 4.84 Å². The van der Waals surface area contributed by atoms with Crippen molar-refractivity contribution in [3.05, 3.63) is 35.1 Å². The lowest BCUT2D eigenvalue weighted by Crippen LogP contribution is -2.06. The number of hydrogen-bond acceptors (Lipinski definition) is 4. The molecular formula is C9H10FNO3. The summed E-state index contributed by atoms with van der Waals surface area (Å²) in [7, 11) is 1.19. The van der Waals surface area contributed by atoms with Crippen molar-refractivity contribution in [3.8, 4) is 0 Å². The minimum Gasteiger partial charge on any atom is -0.465 e. The quantitative estimate of drug-likeness (QED) is 0.582. The number of hydrogen-bond donors (Lipinski definition) is 1. The molecule has 0 saturated heterocycles. The lowest BCUT2D eigenvalue weighted by molar-refractivity contribution is 0.0595. The first-order valence-corrected chi connectivity index (χ1v) is 3.87. The molecule has 0 fully saturated rings. The lowest BCUT2D eigenvalue weighted by Gasteiger charge is -2.03. The van der Waals surface area contributed by atoms with Gasteiger partial charge in [0.1, 0.15) is 5.82 Å². The van der Waals surface area contributed by atoms with E-state index in [9.17, 15) is 9.18 Å². The zero-order chi connectivity index (χ0) is 10.6. The number of nitrogens with two attached hydrogens (primary N) is 1. The van der Waals surface area contributed by atoms with Crippen LogP contribution in [0.1, 0.15) is 15.9 Å². The molecule has 1 aromatic rings. The molecule has 1 rings (SSSR count). The fourth-order valence-corrected chi connectivity index (χ4v) is 1.02. The molecule has 0 atom stereocenters. The van der Waals surface area contributed by atoms with Crippen LogP contribution in [0.25, 0.3) is 0 Å². The van der Waals surface area contributed by atoms with Crippen molar-refractivity contribution in [2.75, 3.05) is 7.11 Å². The van der Waals surface area contributed by atoms with Gasteiger partial charge in [0, 0.05) is 0 Å². The van der Waals surface area contributed by atoms with Crippen molar-refractivity contribution >= 4 is 5.97 Å².